The largest absolute Gasteiger partial charge is 0.0713 e. The van der Waals surface area contributed by atoms with Crippen molar-refractivity contribution in [3.05, 3.63) is 300 Å². The summed E-state index contributed by atoms with van der Waals surface area (Å²) < 4.78 is 0. The predicted molar refractivity (Wildman–Crippen MR) is 293 cm³/mol. The van der Waals surface area contributed by atoms with Crippen LogP contribution in [0.2, 0.25) is 0 Å². The average Bonchev–Trinajstić information content (AvgIpc) is 3.73. The Morgan fingerprint density at radius 1 is 0.232 bits per heavy atom. The molecular formula is C69H46. The Morgan fingerprint density at radius 3 is 1.22 bits per heavy atom. The smallest absolute Gasteiger partial charge is 0.0622 e. The van der Waals surface area contributed by atoms with Crippen molar-refractivity contribution in [1.82, 2.24) is 0 Å². The number of fused-ring (bicyclic) bond motifs is 6. The first-order chi connectivity index (χ1) is 34.2. The van der Waals surface area contributed by atoms with Crippen LogP contribution < -0.4 is 0 Å². The zero-order valence-electron chi connectivity index (χ0n) is 38.1. The molecule has 0 saturated carbocycles. The summed E-state index contributed by atoms with van der Waals surface area (Å²) in [5, 5.41) is 7.48. The van der Waals surface area contributed by atoms with Crippen LogP contribution in [0.1, 0.15) is 33.4 Å². The number of hydrogen-bond donors (Lipinski definition) is 0. The van der Waals surface area contributed by atoms with Gasteiger partial charge in [0.1, 0.15) is 0 Å². The summed E-state index contributed by atoms with van der Waals surface area (Å²) in [5.74, 6) is 0. The van der Waals surface area contributed by atoms with Crippen LogP contribution in [0.3, 0.4) is 0 Å². The molecule has 12 aromatic carbocycles. The van der Waals surface area contributed by atoms with Gasteiger partial charge in [0.25, 0.3) is 0 Å². The monoisotopic (exact) mass is 874 g/mol. The molecule has 0 aliphatic heterocycles. The summed E-state index contributed by atoms with van der Waals surface area (Å²) in [6.45, 7) is 0. The first kappa shape index (κ1) is 40.4. The van der Waals surface area contributed by atoms with Gasteiger partial charge < -0.3 is 0 Å². The van der Waals surface area contributed by atoms with E-state index >= 15 is 0 Å². The van der Waals surface area contributed by atoms with E-state index in [4.69, 9.17) is 0 Å². The fourth-order valence-electron chi connectivity index (χ4n) is 11.5. The molecule has 0 spiro atoms. The number of benzene rings is 12. The molecule has 1 aliphatic carbocycles. The lowest BCUT2D eigenvalue weighted by atomic mass is 9.67. The van der Waals surface area contributed by atoms with Crippen LogP contribution in [-0.4, -0.2) is 0 Å². The second kappa shape index (κ2) is 16.8. The second-order valence-electron chi connectivity index (χ2n) is 18.3. The van der Waals surface area contributed by atoms with Gasteiger partial charge in [0.15, 0.2) is 0 Å². The molecule has 322 valence electrons. The van der Waals surface area contributed by atoms with Crippen molar-refractivity contribution in [1.29, 1.82) is 0 Å². The first-order valence-corrected chi connectivity index (χ1v) is 24.0. The SMILES string of the molecule is C(=Cc1ccc(-c2c3ccccc3c(-c3ccc(-c4ccc(C5(c6ccccc6)c6ccccc6-c6ccccc65)cc4)cc3)c3ccccc23)c2ccccc12)c1ccc(-c2ccccc2)cc1. The summed E-state index contributed by atoms with van der Waals surface area (Å²) in [7, 11) is 0. The minimum Gasteiger partial charge on any atom is -0.0622 e. The van der Waals surface area contributed by atoms with Crippen molar-refractivity contribution < 1.29 is 0 Å². The van der Waals surface area contributed by atoms with Crippen LogP contribution >= 0.6 is 0 Å². The van der Waals surface area contributed by atoms with E-state index in [9.17, 15) is 0 Å². The summed E-state index contributed by atoms with van der Waals surface area (Å²) in [5.41, 5.74) is 19.6. The lowest BCUT2D eigenvalue weighted by molar-refractivity contribution is 0.768. The Labute approximate surface area is 403 Å². The molecule has 0 radical (unpaired) electrons. The van der Waals surface area contributed by atoms with Crippen LogP contribution in [0.4, 0.5) is 0 Å². The van der Waals surface area contributed by atoms with Gasteiger partial charge in [-0.3, -0.25) is 0 Å². The van der Waals surface area contributed by atoms with Crippen molar-refractivity contribution in [3.63, 3.8) is 0 Å². The van der Waals surface area contributed by atoms with E-state index in [1.165, 1.54) is 121 Å². The van der Waals surface area contributed by atoms with Gasteiger partial charge in [0.05, 0.1) is 5.41 Å². The maximum absolute atomic E-state index is 2.35. The molecule has 13 rings (SSSR count). The van der Waals surface area contributed by atoms with Gasteiger partial charge in [0.2, 0.25) is 0 Å². The minimum atomic E-state index is -0.410. The van der Waals surface area contributed by atoms with Crippen molar-refractivity contribution in [3.8, 4) is 55.6 Å². The zero-order chi connectivity index (χ0) is 45.7. The average molecular weight is 875 g/mol. The Hall–Kier alpha value is -8.84. The molecule has 0 heterocycles. The van der Waals surface area contributed by atoms with Gasteiger partial charge in [0, 0.05) is 0 Å². The molecule has 0 fully saturated rings. The van der Waals surface area contributed by atoms with E-state index in [1.54, 1.807) is 0 Å². The van der Waals surface area contributed by atoms with E-state index in [1.807, 2.05) is 0 Å². The highest BCUT2D eigenvalue weighted by atomic mass is 14.5. The maximum Gasteiger partial charge on any atom is 0.0713 e. The fraction of sp³-hybridized carbons (Fsp3) is 0.0145. The van der Waals surface area contributed by atoms with Gasteiger partial charge in [-0.25, -0.2) is 0 Å². The number of hydrogen-bond acceptors (Lipinski definition) is 0. The van der Waals surface area contributed by atoms with Gasteiger partial charge in [-0.05, 0) is 121 Å². The molecule has 1 aliphatic rings. The van der Waals surface area contributed by atoms with Crippen molar-refractivity contribution in [2.75, 3.05) is 0 Å². The lowest BCUT2D eigenvalue weighted by Gasteiger charge is -2.34. The van der Waals surface area contributed by atoms with Crippen LogP contribution in [0.15, 0.2) is 267 Å². The van der Waals surface area contributed by atoms with Gasteiger partial charge in [-0.1, -0.05) is 279 Å². The van der Waals surface area contributed by atoms with E-state index in [-0.39, 0.29) is 0 Å². The topological polar surface area (TPSA) is 0 Å². The fourth-order valence-corrected chi connectivity index (χ4v) is 11.5. The summed E-state index contributed by atoms with van der Waals surface area (Å²) in [6.07, 6.45) is 4.49. The molecule has 0 unspecified atom stereocenters. The summed E-state index contributed by atoms with van der Waals surface area (Å²) in [6, 6.07) is 98.3. The van der Waals surface area contributed by atoms with Gasteiger partial charge in [-0.2, -0.15) is 0 Å². The first-order valence-electron chi connectivity index (χ1n) is 24.0. The molecule has 0 N–H and O–H groups in total. The quantitative estimate of drug-likeness (QED) is 0.105. The molecular weight excluding hydrogens is 829 g/mol. The van der Waals surface area contributed by atoms with Crippen LogP contribution in [0.5, 0.6) is 0 Å². The van der Waals surface area contributed by atoms with Gasteiger partial charge in [-0.15, -0.1) is 0 Å². The second-order valence-corrected chi connectivity index (χ2v) is 18.3. The third-order valence-electron chi connectivity index (χ3n) is 14.6. The third kappa shape index (κ3) is 6.68. The van der Waals surface area contributed by atoms with Gasteiger partial charge >= 0.3 is 0 Å². The van der Waals surface area contributed by atoms with Crippen molar-refractivity contribution in [2.24, 2.45) is 0 Å². The molecule has 0 saturated heterocycles. The third-order valence-corrected chi connectivity index (χ3v) is 14.6. The molecule has 0 nitrogen and oxygen atoms in total. The maximum atomic E-state index is 2.35. The van der Waals surface area contributed by atoms with Crippen molar-refractivity contribution >= 4 is 44.5 Å². The van der Waals surface area contributed by atoms with Crippen LogP contribution in [0, 0.1) is 0 Å². The molecule has 69 heavy (non-hydrogen) atoms. The normalized spacial score (nSPS) is 12.7. The molecule has 0 heteroatoms. The molecule has 0 amide bonds. The Bertz CT molecular complexity index is 3790. The summed E-state index contributed by atoms with van der Waals surface area (Å²) in [4.78, 5) is 0. The van der Waals surface area contributed by atoms with E-state index < -0.39 is 5.41 Å². The van der Waals surface area contributed by atoms with Crippen LogP contribution in [-0.2, 0) is 5.41 Å². The molecule has 0 bridgehead atoms. The Kier molecular flexibility index (Phi) is 9.84. The molecule has 12 aromatic rings. The van der Waals surface area contributed by atoms with Crippen molar-refractivity contribution in [2.45, 2.75) is 5.41 Å². The summed E-state index contributed by atoms with van der Waals surface area (Å²) >= 11 is 0. The van der Waals surface area contributed by atoms with E-state index in [2.05, 4.69) is 279 Å². The highest BCUT2D eigenvalue weighted by Gasteiger charge is 2.45. The molecule has 0 aromatic heterocycles. The minimum absolute atomic E-state index is 0.410. The number of rotatable bonds is 8. The molecule has 0 atom stereocenters. The predicted octanol–water partition coefficient (Wildman–Crippen LogP) is 18.3. The van der Waals surface area contributed by atoms with E-state index in [0.717, 1.165) is 0 Å². The van der Waals surface area contributed by atoms with E-state index in [0.29, 0.717) is 0 Å². The Morgan fingerprint density at radius 2 is 0.638 bits per heavy atom. The highest BCUT2D eigenvalue weighted by molar-refractivity contribution is 6.24. The lowest BCUT2D eigenvalue weighted by Crippen LogP contribution is -2.28. The highest BCUT2D eigenvalue weighted by Crippen LogP contribution is 2.56. The Balaban J connectivity index is 0.871. The van der Waals surface area contributed by atoms with Crippen LogP contribution in [0.25, 0.3) is 100 Å². The standard InChI is InChI=1S/C69H46/c1-3-17-48(18-4-1)49-34-31-47(32-35-49)33-36-52-43-46-64(57-22-8-7-21-56(52)57)68-62-27-11-9-25-60(62)67(61-26-10-12-28-63(61)68)53-39-37-50(38-40-53)51-41-44-55(45-42-51)69(54-19-5-2-6-20-54)65-29-15-13-23-58(65)59-24-14-16-30-66(59)69/h1-46H. The zero-order valence-corrected chi connectivity index (χ0v) is 38.1.